The topological polar surface area (TPSA) is 80.5 Å². The maximum Gasteiger partial charge on any atom is 0.264 e. The number of nitrogens with zero attached hydrogens (tertiary/aromatic N) is 2. The molecule has 8 heteroatoms. The first-order chi connectivity index (χ1) is 8.93. The largest absolute Gasteiger partial charge is 0.319 e. The Morgan fingerprint density at radius 2 is 2.11 bits per heavy atom. The Hall–Kier alpha value is -1.51. The van der Waals surface area contributed by atoms with E-state index in [1.165, 1.54) is 18.4 Å². The molecule has 6 nitrogen and oxygen atoms in total. The maximum atomic E-state index is 11.6. The van der Waals surface area contributed by atoms with Crippen LogP contribution in [0.5, 0.6) is 0 Å². The van der Waals surface area contributed by atoms with Crippen molar-refractivity contribution in [1.82, 2.24) is 9.29 Å². The minimum atomic E-state index is -3.58. The Bertz CT molecular complexity index is 787. The van der Waals surface area contributed by atoms with E-state index in [1.54, 1.807) is 11.6 Å². The van der Waals surface area contributed by atoms with Gasteiger partial charge in [0.05, 0.1) is 10.2 Å². The van der Waals surface area contributed by atoms with Crippen molar-refractivity contribution in [3.8, 4) is 0 Å². The lowest BCUT2D eigenvalue weighted by Crippen LogP contribution is -2.27. The molecule has 19 heavy (non-hydrogen) atoms. The third kappa shape index (κ3) is 3.09. The molecule has 1 aromatic heterocycles. The standard InChI is InChI=1S/C11H13N3O3S2/c1-12-19(16,17)7-10(15)13-11-14(2)8-5-3-4-6-9(8)18-11/h3-6,12H,7H2,1-2H3. The van der Waals surface area contributed by atoms with E-state index in [4.69, 9.17) is 0 Å². The summed E-state index contributed by atoms with van der Waals surface area (Å²) in [6, 6.07) is 7.63. The van der Waals surface area contributed by atoms with E-state index in [0.717, 1.165) is 10.2 Å². The summed E-state index contributed by atoms with van der Waals surface area (Å²) < 4.78 is 27.4. The number of carbonyl (C=O) groups excluding carboxylic acids is 1. The number of sulfonamides is 1. The number of amides is 1. The van der Waals surface area contributed by atoms with E-state index < -0.39 is 21.7 Å². The summed E-state index contributed by atoms with van der Waals surface area (Å²) in [5, 5.41) is 0. The van der Waals surface area contributed by atoms with Crippen molar-refractivity contribution in [3.05, 3.63) is 29.1 Å². The van der Waals surface area contributed by atoms with Gasteiger partial charge in [-0.05, 0) is 19.2 Å². The van der Waals surface area contributed by atoms with Gasteiger partial charge in [-0.1, -0.05) is 23.5 Å². The van der Waals surface area contributed by atoms with Gasteiger partial charge < -0.3 is 4.57 Å². The van der Waals surface area contributed by atoms with Gasteiger partial charge in [0.15, 0.2) is 4.80 Å². The average molecular weight is 299 g/mol. The van der Waals surface area contributed by atoms with Crippen LogP contribution in [0.3, 0.4) is 0 Å². The molecule has 1 heterocycles. The zero-order chi connectivity index (χ0) is 14.0. The van der Waals surface area contributed by atoms with E-state index in [1.807, 2.05) is 24.3 Å². The second kappa shape index (κ2) is 5.24. The summed E-state index contributed by atoms with van der Waals surface area (Å²) in [5.41, 5.74) is 0.954. The van der Waals surface area contributed by atoms with Crippen molar-refractivity contribution >= 4 is 37.5 Å². The number of nitrogens with one attached hydrogen (secondary N) is 1. The molecule has 2 aromatic rings. The zero-order valence-electron chi connectivity index (χ0n) is 10.5. The van der Waals surface area contributed by atoms with Crippen LogP contribution in [0.1, 0.15) is 0 Å². The third-order valence-corrected chi connectivity index (χ3v) is 4.92. The van der Waals surface area contributed by atoms with Crippen molar-refractivity contribution in [2.45, 2.75) is 0 Å². The van der Waals surface area contributed by atoms with Crippen LogP contribution < -0.4 is 9.52 Å². The SMILES string of the molecule is CNS(=O)(=O)CC(=O)N=c1sc2ccccc2n1C. The van der Waals surface area contributed by atoms with Gasteiger partial charge in [0, 0.05) is 7.05 Å². The lowest BCUT2D eigenvalue weighted by molar-refractivity contribution is -0.115. The Labute approximate surface area is 114 Å². The molecule has 0 atom stereocenters. The quantitative estimate of drug-likeness (QED) is 0.880. The maximum absolute atomic E-state index is 11.6. The molecule has 1 aromatic carbocycles. The number of hydrogen-bond acceptors (Lipinski definition) is 4. The van der Waals surface area contributed by atoms with E-state index in [2.05, 4.69) is 9.71 Å². The molecule has 1 N–H and O–H groups in total. The fourth-order valence-electron chi connectivity index (χ4n) is 1.56. The van der Waals surface area contributed by atoms with Crippen LogP contribution in [0.15, 0.2) is 29.3 Å². The van der Waals surface area contributed by atoms with E-state index in [9.17, 15) is 13.2 Å². The normalized spacial score (nSPS) is 13.1. The van der Waals surface area contributed by atoms with E-state index >= 15 is 0 Å². The highest BCUT2D eigenvalue weighted by Gasteiger charge is 2.13. The molecular formula is C11H13N3O3S2. The zero-order valence-corrected chi connectivity index (χ0v) is 12.1. The number of para-hydroxylation sites is 1. The molecule has 0 aliphatic heterocycles. The smallest absolute Gasteiger partial charge is 0.264 e. The van der Waals surface area contributed by atoms with Gasteiger partial charge in [-0.2, -0.15) is 4.99 Å². The van der Waals surface area contributed by atoms with Crippen molar-refractivity contribution in [1.29, 1.82) is 0 Å². The lowest BCUT2D eigenvalue weighted by Gasteiger charge is -1.97. The molecule has 0 fully saturated rings. The summed E-state index contributed by atoms with van der Waals surface area (Å²) in [6.45, 7) is 0. The fourth-order valence-corrected chi connectivity index (χ4v) is 3.13. The summed E-state index contributed by atoms with van der Waals surface area (Å²) in [5.74, 6) is -1.32. The molecule has 0 bridgehead atoms. The van der Waals surface area contributed by atoms with Crippen LogP contribution in [-0.2, 0) is 21.9 Å². The van der Waals surface area contributed by atoms with Crippen LogP contribution in [0.2, 0.25) is 0 Å². The predicted octanol–water partition coefficient (Wildman–Crippen LogP) is 0.216. The molecule has 0 unspecified atom stereocenters. The first-order valence-corrected chi connectivity index (χ1v) is 7.93. The molecule has 0 saturated carbocycles. The lowest BCUT2D eigenvalue weighted by atomic mass is 10.3. The van der Waals surface area contributed by atoms with Crippen molar-refractivity contribution in [2.75, 3.05) is 12.8 Å². The Morgan fingerprint density at radius 1 is 1.42 bits per heavy atom. The van der Waals surface area contributed by atoms with Crippen LogP contribution in [0, 0.1) is 0 Å². The van der Waals surface area contributed by atoms with Crippen LogP contribution in [0.4, 0.5) is 0 Å². The highest BCUT2D eigenvalue weighted by molar-refractivity contribution is 7.90. The molecular weight excluding hydrogens is 286 g/mol. The van der Waals surface area contributed by atoms with Crippen molar-refractivity contribution in [3.63, 3.8) is 0 Å². The molecule has 0 saturated heterocycles. The first-order valence-electron chi connectivity index (χ1n) is 5.46. The number of carbonyl (C=O) groups is 1. The Balaban J connectivity index is 2.42. The van der Waals surface area contributed by atoms with Crippen molar-refractivity contribution in [2.24, 2.45) is 12.0 Å². The highest BCUT2D eigenvalue weighted by atomic mass is 32.2. The third-order valence-electron chi connectivity index (χ3n) is 2.56. The minimum absolute atomic E-state index is 0.484. The second-order valence-electron chi connectivity index (χ2n) is 3.88. The van der Waals surface area contributed by atoms with Crippen LogP contribution in [-0.4, -0.2) is 31.7 Å². The molecule has 0 aliphatic carbocycles. The summed E-state index contributed by atoms with van der Waals surface area (Å²) >= 11 is 1.35. The molecule has 0 radical (unpaired) electrons. The fraction of sp³-hybridized carbons (Fsp3) is 0.273. The molecule has 102 valence electrons. The minimum Gasteiger partial charge on any atom is -0.319 e. The summed E-state index contributed by atoms with van der Waals surface area (Å²) in [4.78, 5) is 16.0. The number of benzene rings is 1. The number of hydrogen-bond donors (Lipinski definition) is 1. The number of rotatable bonds is 3. The number of thiazole rings is 1. The van der Waals surface area contributed by atoms with Gasteiger partial charge in [-0.25, -0.2) is 13.1 Å². The van der Waals surface area contributed by atoms with Gasteiger partial charge in [-0.3, -0.25) is 4.79 Å². The molecule has 1 amide bonds. The van der Waals surface area contributed by atoms with Crippen LogP contribution in [0.25, 0.3) is 10.2 Å². The number of aromatic nitrogens is 1. The van der Waals surface area contributed by atoms with E-state index in [-0.39, 0.29) is 0 Å². The van der Waals surface area contributed by atoms with E-state index in [0.29, 0.717) is 4.80 Å². The predicted molar refractivity (Wildman–Crippen MR) is 74.2 cm³/mol. The molecule has 2 rings (SSSR count). The second-order valence-corrected chi connectivity index (χ2v) is 6.82. The molecule has 0 aliphatic rings. The highest BCUT2D eigenvalue weighted by Crippen LogP contribution is 2.15. The Kier molecular flexibility index (Phi) is 3.83. The average Bonchev–Trinajstić information content (AvgIpc) is 2.66. The van der Waals surface area contributed by atoms with Gasteiger partial charge in [0.1, 0.15) is 5.75 Å². The monoisotopic (exact) mass is 299 g/mol. The van der Waals surface area contributed by atoms with Gasteiger partial charge in [0.25, 0.3) is 5.91 Å². The van der Waals surface area contributed by atoms with Crippen LogP contribution >= 0.6 is 11.3 Å². The first kappa shape index (κ1) is 13.9. The summed E-state index contributed by atoms with van der Waals surface area (Å²) in [7, 11) is -0.525. The Morgan fingerprint density at radius 3 is 2.74 bits per heavy atom. The van der Waals surface area contributed by atoms with Gasteiger partial charge in [-0.15, -0.1) is 0 Å². The van der Waals surface area contributed by atoms with Crippen molar-refractivity contribution < 1.29 is 13.2 Å². The number of aryl methyl sites for hydroxylation is 1. The number of fused-ring (bicyclic) bond motifs is 1. The van der Waals surface area contributed by atoms with Gasteiger partial charge in [0.2, 0.25) is 10.0 Å². The summed E-state index contributed by atoms with van der Waals surface area (Å²) in [6.07, 6.45) is 0. The molecule has 0 spiro atoms. The van der Waals surface area contributed by atoms with Gasteiger partial charge >= 0.3 is 0 Å².